The van der Waals surface area contributed by atoms with Gasteiger partial charge in [0.2, 0.25) is 5.82 Å². The van der Waals surface area contributed by atoms with Gasteiger partial charge in [-0.3, -0.25) is 4.40 Å². The van der Waals surface area contributed by atoms with Crippen LogP contribution in [-0.2, 0) is 6.18 Å². The van der Waals surface area contributed by atoms with Gasteiger partial charge in [0.1, 0.15) is 0 Å². The molecule has 2 atom stereocenters. The number of fused-ring (bicyclic) bond motifs is 1. The molecule has 2 aromatic heterocycles. The van der Waals surface area contributed by atoms with Crippen LogP contribution in [0.25, 0.3) is 5.52 Å². The number of aromatic nitrogens is 2. The topological polar surface area (TPSA) is 17.3 Å². The summed E-state index contributed by atoms with van der Waals surface area (Å²) in [6.45, 7) is 2.14. The number of hydrogen-bond acceptors (Lipinski definition) is 1. The van der Waals surface area contributed by atoms with E-state index in [4.69, 9.17) is 0 Å². The van der Waals surface area contributed by atoms with E-state index in [0.29, 0.717) is 17.4 Å². The third-order valence-electron chi connectivity index (χ3n) is 3.68. The van der Waals surface area contributed by atoms with Gasteiger partial charge < -0.3 is 0 Å². The monoisotopic (exact) mass is 254 g/mol. The van der Waals surface area contributed by atoms with Crippen molar-refractivity contribution in [3.8, 4) is 0 Å². The first-order valence-electron chi connectivity index (χ1n) is 6.05. The second kappa shape index (κ2) is 3.73. The Balaban J connectivity index is 2.00. The van der Waals surface area contributed by atoms with Gasteiger partial charge in [0.15, 0.2) is 0 Å². The van der Waals surface area contributed by atoms with Crippen molar-refractivity contribution in [2.75, 3.05) is 0 Å². The molecular formula is C13H13F3N2. The second-order valence-corrected chi connectivity index (χ2v) is 4.85. The number of imidazole rings is 1. The van der Waals surface area contributed by atoms with Crippen molar-refractivity contribution < 1.29 is 13.2 Å². The summed E-state index contributed by atoms with van der Waals surface area (Å²) >= 11 is 0. The fraction of sp³-hybridized carbons (Fsp3) is 0.462. The smallest absolute Gasteiger partial charge is 0.296 e. The lowest BCUT2D eigenvalue weighted by Crippen LogP contribution is -2.10. The third kappa shape index (κ3) is 1.78. The maximum atomic E-state index is 12.7. The molecule has 5 heteroatoms. The largest absolute Gasteiger partial charge is 0.450 e. The molecule has 0 N–H and O–H groups in total. The second-order valence-electron chi connectivity index (χ2n) is 4.85. The molecule has 1 saturated carbocycles. The molecule has 0 aromatic carbocycles. The summed E-state index contributed by atoms with van der Waals surface area (Å²) in [5.41, 5.74) is 1.64. The Bertz CT molecular complexity index is 585. The summed E-state index contributed by atoms with van der Waals surface area (Å²) in [6.07, 6.45) is 0.635. The predicted molar refractivity (Wildman–Crippen MR) is 61.3 cm³/mol. The van der Waals surface area contributed by atoms with E-state index < -0.39 is 12.0 Å². The van der Waals surface area contributed by atoms with Gasteiger partial charge in [-0.25, -0.2) is 4.98 Å². The molecule has 0 saturated heterocycles. The van der Waals surface area contributed by atoms with E-state index in [9.17, 15) is 13.2 Å². The zero-order chi connectivity index (χ0) is 12.9. The highest BCUT2D eigenvalue weighted by Crippen LogP contribution is 2.49. The van der Waals surface area contributed by atoms with Gasteiger partial charge in [-0.2, -0.15) is 13.2 Å². The van der Waals surface area contributed by atoms with E-state index >= 15 is 0 Å². The van der Waals surface area contributed by atoms with Crippen LogP contribution in [0.5, 0.6) is 0 Å². The maximum absolute atomic E-state index is 12.7. The highest BCUT2D eigenvalue weighted by atomic mass is 19.4. The first-order valence-corrected chi connectivity index (χ1v) is 6.05. The Labute approximate surface area is 102 Å². The minimum atomic E-state index is -4.40. The molecular weight excluding hydrogens is 241 g/mol. The van der Waals surface area contributed by atoms with Gasteiger partial charge in [0.05, 0.1) is 11.7 Å². The van der Waals surface area contributed by atoms with Crippen LogP contribution in [-0.4, -0.2) is 9.38 Å². The number of hydrogen-bond donors (Lipinski definition) is 0. The molecule has 2 heterocycles. The maximum Gasteiger partial charge on any atom is 0.450 e. The van der Waals surface area contributed by atoms with E-state index in [2.05, 4.69) is 11.9 Å². The summed E-state index contributed by atoms with van der Waals surface area (Å²) in [4.78, 5) is 3.46. The Morgan fingerprint density at radius 3 is 2.83 bits per heavy atom. The lowest BCUT2D eigenvalue weighted by molar-refractivity contribution is -0.145. The van der Waals surface area contributed by atoms with Crippen molar-refractivity contribution >= 4 is 5.52 Å². The molecule has 0 radical (unpaired) electrons. The SMILES string of the molecule is CC[C@H]1C[C@@H]1c1ccn2c(C(F)(F)F)ncc2c1. The van der Waals surface area contributed by atoms with Crippen LogP contribution in [0, 0.1) is 5.92 Å². The van der Waals surface area contributed by atoms with Gasteiger partial charge >= 0.3 is 6.18 Å². The molecule has 0 spiro atoms. The van der Waals surface area contributed by atoms with Crippen LogP contribution in [0.1, 0.15) is 37.1 Å². The molecule has 2 aromatic rings. The molecule has 0 bridgehead atoms. The fourth-order valence-corrected chi connectivity index (χ4v) is 2.56. The zero-order valence-electron chi connectivity index (χ0n) is 9.91. The lowest BCUT2D eigenvalue weighted by atomic mass is 10.1. The van der Waals surface area contributed by atoms with Crippen LogP contribution in [0.3, 0.4) is 0 Å². The van der Waals surface area contributed by atoms with E-state index in [1.54, 1.807) is 6.07 Å². The average Bonchev–Trinajstić information content (AvgIpc) is 2.97. The number of pyridine rings is 1. The Morgan fingerprint density at radius 2 is 2.22 bits per heavy atom. The summed E-state index contributed by atoms with van der Waals surface area (Å²) < 4.78 is 39.1. The standard InChI is InChI=1S/C13H13F3N2/c1-2-8-6-11(8)9-3-4-18-10(5-9)7-17-12(18)13(14,15)16/h3-5,7-8,11H,2,6H2,1H3/t8-,11-/m0/s1. The first-order chi connectivity index (χ1) is 8.50. The zero-order valence-corrected chi connectivity index (χ0v) is 9.91. The van der Waals surface area contributed by atoms with E-state index in [0.717, 1.165) is 22.8 Å². The first kappa shape index (κ1) is 11.6. The number of rotatable bonds is 2. The summed E-state index contributed by atoms with van der Waals surface area (Å²) in [6, 6.07) is 3.60. The quantitative estimate of drug-likeness (QED) is 0.795. The number of halogens is 3. The van der Waals surface area contributed by atoms with Gasteiger partial charge in [-0.1, -0.05) is 13.3 Å². The van der Waals surface area contributed by atoms with Crippen molar-refractivity contribution in [1.82, 2.24) is 9.38 Å². The number of nitrogens with zero attached hydrogens (tertiary/aromatic N) is 2. The molecule has 96 valence electrons. The van der Waals surface area contributed by atoms with Crippen LogP contribution in [0.15, 0.2) is 24.5 Å². The third-order valence-corrected chi connectivity index (χ3v) is 3.68. The Hall–Kier alpha value is -1.52. The molecule has 1 aliphatic carbocycles. The van der Waals surface area contributed by atoms with Gasteiger partial charge in [-0.05, 0) is 36.0 Å². The Morgan fingerprint density at radius 1 is 1.44 bits per heavy atom. The molecule has 2 nitrogen and oxygen atoms in total. The summed E-state index contributed by atoms with van der Waals surface area (Å²) in [5, 5.41) is 0. The molecule has 18 heavy (non-hydrogen) atoms. The summed E-state index contributed by atoms with van der Waals surface area (Å²) in [7, 11) is 0. The van der Waals surface area contributed by atoms with Crippen LogP contribution in [0.2, 0.25) is 0 Å². The van der Waals surface area contributed by atoms with Gasteiger partial charge in [-0.15, -0.1) is 0 Å². The molecule has 0 unspecified atom stereocenters. The molecule has 0 amide bonds. The fourth-order valence-electron chi connectivity index (χ4n) is 2.56. The average molecular weight is 254 g/mol. The molecule has 3 rings (SSSR count). The van der Waals surface area contributed by atoms with E-state index in [-0.39, 0.29) is 0 Å². The van der Waals surface area contributed by atoms with Crippen LogP contribution >= 0.6 is 0 Å². The molecule has 1 aliphatic rings. The van der Waals surface area contributed by atoms with E-state index in [1.165, 1.54) is 12.4 Å². The number of alkyl halides is 3. The van der Waals surface area contributed by atoms with Gasteiger partial charge in [0.25, 0.3) is 0 Å². The highest BCUT2D eigenvalue weighted by molar-refractivity contribution is 5.50. The lowest BCUT2D eigenvalue weighted by Gasteiger charge is -2.06. The highest BCUT2D eigenvalue weighted by Gasteiger charge is 2.38. The predicted octanol–water partition coefficient (Wildman–Crippen LogP) is 3.87. The van der Waals surface area contributed by atoms with Crippen molar-refractivity contribution in [2.24, 2.45) is 5.92 Å². The van der Waals surface area contributed by atoms with Crippen molar-refractivity contribution in [3.05, 3.63) is 35.9 Å². The minimum absolute atomic E-state index is 0.515. The summed E-state index contributed by atoms with van der Waals surface area (Å²) in [5.74, 6) is 0.355. The van der Waals surface area contributed by atoms with Crippen molar-refractivity contribution in [2.45, 2.75) is 31.9 Å². The van der Waals surface area contributed by atoms with Crippen LogP contribution in [0.4, 0.5) is 13.2 Å². The normalized spacial score (nSPS) is 23.6. The minimum Gasteiger partial charge on any atom is -0.296 e. The molecule has 0 aliphatic heterocycles. The van der Waals surface area contributed by atoms with Gasteiger partial charge in [0, 0.05) is 6.20 Å². The van der Waals surface area contributed by atoms with Crippen molar-refractivity contribution in [3.63, 3.8) is 0 Å². The van der Waals surface area contributed by atoms with Crippen LogP contribution < -0.4 is 0 Å². The molecule has 1 fully saturated rings. The van der Waals surface area contributed by atoms with Crippen molar-refractivity contribution in [1.29, 1.82) is 0 Å². The van der Waals surface area contributed by atoms with E-state index in [1.807, 2.05) is 6.07 Å². The Kier molecular flexibility index (Phi) is 2.40.